The number of hydrogen-bond donors (Lipinski definition) is 0. The van der Waals surface area contributed by atoms with Crippen molar-refractivity contribution in [1.82, 2.24) is 14.3 Å². The van der Waals surface area contributed by atoms with Crippen molar-refractivity contribution in [3.05, 3.63) is 38.7 Å². The molecule has 0 aliphatic rings. The standard InChI is InChI=1S/C10H6Cl2F3N3O2/c1-20-7-3-6(5(13)2-4(7)11)18-10(19)17(9(14)15)8(12)16-18/h2-3,9H,1H3. The molecular formula is C10H6Cl2F3N3O2. The fraction of sp³-hybridized carbons (Fsp3) is 0.200. The van der Waals surface area contributed by atoms with Gasteiger partial charge in [-0.15, -0.1) is 5.10 Å². The van der Waals surface area contributed by atoms with Gasteiger partial charge < -0.3 is 4.74 Å². The number of benzene rings is 1. The molecule has 0 amide bonds. The number of aromatic nitrogens is 3. The Kier molecular flexibility index (Phi) is 3.96. The molecule has 0 unspecified atom stereocenters. The first-order valence-electron chi connectivity index (χ1n) is 5.05. The van der Waals surface area contributed by atoms with Crippen molar-refractivity contribution in [1.29, 1.82) is 0 Å². The molecule has 0 N–H and O–H groups in total. The minimum atomic E-state index is -3.19. The van der Waals surface area contributed by atoms with Crippen molar-refractivity contribution in [2.45, 2.75) is 6.55 Å². The summed E-state index contributed by atoms with van der Waals surface area (Å²) in [5.41, 5.74) is -1.69. The molecule has 2 rings (SSSR count). The molecule has 1 heterocycles. The Hall–Kier alpha value is -1.67. The van der Waals surface area contributed by atoms with E-state index in [1.54, 1.807) is 0 Å². The van der Waals surface area contributed by atoms with E-state index in [4.69, 9.17) is 27.9 Å². The van der Waals surface area contributed by atoms with E-state index in [2.05, 4.69) is 5.10 Å². The maximum atomic E-state index is 13.8. The monoisotopic (exact) mass is 327 g/mol. The predicted molar refractivity (Wildman–Crippen MR) is 65.6 cm³/mol. The zero-order valence-corrected chi connectivity index (χ0v) is 11.3. The van der Waals surface area contributed by atoms with Crippen LogP contribution in [0.25, 0.3) is 5.69 Å². The second-order valence-electron chi connectivity index (χ2n) is 3.55. The molecule has 0 saturated carbocycles. The summed E-state index contributed by atoms with van der Waals surface area (Å²) >= 11 is 11.1. The average molecular weight is 328 g/mol. The molecule has 1 aromatic carbocycles. The maximum Gasteiger partial charge on any atom is 0.356 e. The van der Waals surface area contributed by atoms with Crippen LogP contribution in [0.2, 0.25) is 10.3 Å². The second kappa shape index (κ2) is 5.37. The average Bonchev–Trinajstić information content (AvgIpc) is 2.65. The third-order valence-corrected chi connectivity index (χ3v) is 2.97. The normalized spacial score (nSPS) is 11.2. The van der Waals surface area contributed by atoms with Gasteiger partial charge in [0.2, 0.25) is 5.28 Å². The lowest BCUT2D eigenvalue weighted by Gasteiger charge is -2.07. The summed E-state index contributed by atoms with van der Waals surface area (Å²) in [6, 6.07) is 1.93. The molecule has 0 aliphatic heterocycles. The largest absolute Gasteiger partial charge is 0.495 e. The van der Waals surface area contributed by atoms with Crippen molar-refractivity contribution in [3.63, 3.8) is 0 Å². The molecule has 0 saturated heterocycles. The van der Waals surface area contributed by atoms with Gasteiger partial charge in [0.1, 0.15) is 11.4 Å². The summed E-state index contributed by atoms with van der Waals surface area (Å²) in [6.45, 7) is -3.19. The summed E-state index contributed by atoms with van der Waals surface area (Å²) < 4.78 is 44.2. The highest BCUT2D eigenvalue weighted by Gasteiger charge is 2.22. The number of nitrogens with zero attached hydrogens (tertiary/aromatic N) is 3. The van der Waals surface area contributed by atoms with E-state index in [1.807, 2.05) is 0 Å². The number of methoxy groups -OCH3 is 1. The van der Waals surface area contributed by atoms with Crippen LogP contribution < -0.4 is 10.4 Å². The molecule has 5 nitrogen and oxygen atoms in total. The van der Waals surface area contributed by atoms with Crippen LogP contribution in [0.4, 0.5) is 13.2 Å². The van der Waals surface area contributed by atoms with E-state index < -0.39 is 29.0 Å². The van der Waals surface area contributed by atoms with E-state index in [0.717, 1.165) is 12.1 Å². The first kappa shape index (κ1) is 14.7. The van der Waals surface area contributed by atoms with Crippen LogP contribution >= 0.6 is 23.2 Å². The number of rotatable bonds is 3. The lowest BCUT2D eigenvalue weighted by atomic mass is 10.3. The Morgan fingerprint density at radius 3 is 2.50 bits per heavy atom. The fourth-order valence-electron chi connectivity index (χ4n) is 1.51. The number of halogens is 5. The second-order valence-corrected chi connectivity index (χ2v) is 4.29. The Balaban J connectivity index is 2.69. The molecule has 0 spiro atoms. The minimum absolute atomic E-state index is 0.0406. The van der Waals surface area contributed by atoms with Crippen LogP contribution in [0.5, 0.6) is 5.75 Å². The summed E-state index contributed by atoms with van der Waals surface area (Å²) in [6.07, 6.45) is 0. The Labute approximate surface area is 120 Å². The number of ether oxygens (including phenoxy) is 1. The van der Waals surface area contributed by atoms with E-state index in [0.29, 0.717) is 4.68 Å². The molecule has 2 aromatic rings. The molecule has 0 aliphatic carbocycles. The van der Waals surface area contributed by atoms with Gasteiger partial charge in [0.25, 0.3) is 0 Å². The zero-order valence-electron chi connectivity index (χ0n) is 9.78. The Morgan fingerprint density at radius 2 is 2.00 bits per heavy atom. The molecule has 0 radical (unpaired) electrons. The number of alkyl halides is 2. The number of hydrogen-bond acceptors (Lipinski definition) is 3. The SMILES string of the molecule is COc1cc(-n2nc(Cl)n(C(F)F)c2=O)c(F)cc1Cl. The van der Waals surface area contributed by atoms with Crippen molar-refractivity contribution in [3.8, 4) is 11.4 Å². The van der Waals surface area contributed by atoms with Crippen LogP contribution in [0.1, 0.15) is 6.55 Å². The first-order chi connectivity index (χ1) is 9.36. The van der Waals surface area contributed by atoms with Gasteiger partial charge in [-0.05, 0) is 17.7 Å². The minimum Gasteiger partial charge on any atom is -0.495 e. The molecular weight excluding hydrogens is 322 g/mol. The molecule has 0 fully saturated rings. The highest BCUT2D eigenvalue weighted by Crippen LogP contribution is 2.29. The van der Waals surface area contributed by atoms with Gasteiger partial charge in [0, 0.05) is 6.07 Å². The lowest BCUT2D eigenvalue weighted by molar-refractivity contribution is 0.0664. The van der Waals surface area contributed by atoms with E-state index in [-0.39, 0.29) is 15.3 Å². The third-order valence-electron chi connectivity index (χ3n) is 2.41. The topological polar surface area (TPSA) is 49.0 Å². The van der Waals surface area contributed by atoms with Crippen LogP contribution in [0, 0.1) is 5.82 Å². The fourth-order valence-corrected chi connectivity index (χ4v) is 1.96. The van der Waals surface area contributed by atoms with Crippen molar-refractivity contribution in [2.24, 2.45) is 0 Å². The Morgan fingerprint density at radius 1 is 1.35 bits per heavy atom. The van der Waals surface area contributed by atoms with Crippen molar-refractivity contribution in [2.75, 3.05) is 7.11 Å². The van der Waals surface area contributed by atoms with Gasteiger partial charge in [0.05, 0.1) is 12.1 Å². The van der Waals surface area contributed by atoms with E-state index in [1.165, 1.54) is 7.11 Å². The lowest BCUT2D eigenvalue weighted by Crippen LogP contribution is -2.25. The van der Waals surface area contributed by atoms with E-state index >= 15 is 0 Å². The predicted octanol–water partition coefficient (Wildman–Crippen LogP) is 2.88. The summed E-state index contributed by atoms with van der Waals surface area (Å²) in [7, 11) is 1.27. The van der Waals surface area contributed by atoms with Gasteiger partial charge >= 0.3 is 12.2 Å². The third kappa shape index (κ3) is 2.36. The van der Waals surface area contributed by atoms with Crippen molar-refractivity contribution >= 4 is 23.2 Å². The summed E-state index contributed by atoms with van der Waals surface area (Å²) in [5.74, 6) is -0.883. The maximum absolute atomic E-state index is 13.8. The molecule has 0 bridgehead atoms. The quantitative estimate of drug-likeness (QED) is 0.871. The smallest absolute Gasteiger partial charge is 0.356 e. The molecule has 1 aromatic heterocycles. The van der Waals surface area contributed by atoms with Crippen LogP contribution in [-0.2, 0) is 0 Å². The first-order valence-corrected chi connectivity index (χ1v) is 5.81. The Bertz CT molecular complexity index is 715. The summed E-state index contributed by atoms with van der Waals surface area (Å²) in [4.78, 5) is 11.7. The zero-order chi connectivity index (χ0) is 15.0. The van der Waals surface area contributed by atoms with Gasteiger partial charge in [-0.25, -0.2) is 13.8 Å². The molecule has 108 valence electrons. The van der Waals surface area contributed by atoms with Gasteiger partial charge in [0.15, 0.2) is 5.82 Å². The van der Waals surface area contributed by atoms with E-state index in [9.17, 15) is 18.0 Å². The molecule has 20 heavy (non-hydrogen) atoms. The molecule has 10 heteroatoms. The highest BCUT2D eigenvalue weighted by molar-refractivity contribution is 6.32. The van der Waals surface area contributed by atoms with Crippen LogP contribution in [0.3, 0.4) is 0 Å². The van der Waals surface area contributed by atoms with Gasteiger partial charge in [-0.3, -0.25) is 0 Å². The van der Waals surface area contributed by atoms with Crippen LogP contribution in [0.15, 0.2) is 16.9 Å². The van der Waals surface area contributed by atoms with Crippen molar-refractivity contribution < 1.29 is 17.9 Å². The van der Waals surface area contributed by atoms with Crippen LogP contribution in [-0.4, -0.2) is 21.5 Å². The molecule has 0 atom stereocenters. The van der Waals surface area contributed by atoms with Gasteiger partial charge in [-0.2, -0.15) is 13.5 Å². The van der Waals surface area contributed by atoms with Gasteiger partial charge in [-0.1, -0.05) is 11.6 Å². The highest BCUT2D eigenvalue weighted by atomic mass is 35.5. The summed E-state index contributed by atoms with van der Waals surface area (Å²) in [5, 5.41) is 2.58.